The van der Waals surface area contributed by atoms with Crippen molar-refractivity contribution in [3.05, 3.63) is 62.5 Å². The number of nitrogens with zero attached hydrogens (tertiary/aromatic N) is 2. The summed E-state index contributed by atoms with van der Waals surface area (Å²) in [5.74, 6) is -0.190. The Morgan fingerprint density at radius 1 is 1.23 bits per heavy atom. The zero-order chi connectivity index (χ0) is 18.8. The molecular weight excluding hydrogens is 346 g/mol. The van der Waals surface area contributed by atoms with Crippen molar-refractivity contribution < 1.29 is 4.79 Å². The summed E-state index contributed by atoms with van der Waals surface area (Å²) in [6.07, 6.45) is 2.25. The molecular formula is C20H23N3O2S. The molecule has 3 rings (SSSR count). The number of aryl methyl sites for hydroxylation is 3. The molecule has 2 aromatic heterocycles. The van der Waals surface area contributed by atoms with Gasteiger partial charge in [-0.1, -0.05) is 36.8 Å². The van der Waals surface area contributed by atoms with E-state index in [-0.39, 0.29) is 24.1 Å². The molecule has 2 heterocycles. The maximum absolute atomic E-state index is 12.7. The van der Waals surface area contributed by atoms with Crippen LogP contribution in [0, 0.1) is 20.8 Å². The molecule has 0 saturated carbocycles. The summed E-state index contributed by atoms with van der Waals surface area (Å²) in [7, 11) is 0. The Labute approximate surface area is 156 Å². The van der Waals surface area contributed by atoms with Crippen LogP contribution in [0.1, 0.15) is 41.0 Å². The van der Waals surface area contributed by atoms with Gasteiger partial charge >= 0.3 is 0 Å². The predicted molar refractivity (Wildman–Crippen MR) is 106 cm³/mol. The second-order valence-electron chi connectivity index (χ2n) is 6.58. The van der Waals surface area contributed by atoms with Gasteiger partial charge in [0.2, 0.25) is 5.91 Å². The van der Waals surface area contributed by atoms with Gasteiger partial charge in [0.05, 0.1) is 17.8 Å². The van der Waals surface area contributed by atoms with Crippen molar-refractivity contribution in [1.82, 2.24) is 14.9 Å². The fourth-order valence-electron chi connectivity index (χ4n) is 3.00. The molecule has 0 spiro atoms. The maximum Gasteiger partial charge on any atom is 0.262 e. The minimum atomic E-state index is -0.190. The lowest BCUT2D eigenvalue weighted by molar-refractivity contribution is -0.122. The highest BCUT2D eigenvalue weighted by atomic mass is 32.1. The molecule has 6 heteroatoms. The standard InChI is InChI=1S/C20H23N3O2S/c1-5-16(15-8-6-12(2)7-9-15)22-17(24)10-23-11-21-19-18(20(23)25)13(3)14(4)26-19/h6-9,11,16H,5,10H2,1-4H3,(H,22,24). The zero-order valence-electron chi connectivity index (χ0n) is 15.5. The highest BCUT2D eigenvalue weighted by molar-refractivity contribution is 7.18. The van der Waals surface area contributed by atoms with Crippen LogP contribution in [0.25, 0.3) is 10.2 Å². The van der Waals surface area contributed by atoms with Crippen molar-refractivity contribution in [2.75, 3.05) is 0 Å². The monoisotopic (exact) mass is 369 g/mol. The van der Waals surface area contributed by atoms with Gasteiger partial charge < -0.3 is 5.32 Å². The fourth-order valence-corrected chi connectivity index (χ4v) is 3.98. The van der Waals surface area contributed by atoms with Crippen LogP contribution in [0.3, 0.4) is 0 Å². The molecule has 1 atom stereocenters. The zero-order valence-corrected chi connectivity index (χ0v) is 16.3. The lowest BCUT2D eigenvalue weighted by Crippen LogP contribution is -2.34. The van der Waals surface area contributed by atoms with Crippen LogP contribution in [0.2, 0.25) is 0 Å². The highest BCUT2D eigenvalue weighted by Gasteiger charge is 2.16. The summed E-state index contributed by atoms with van der Waals surface area (Å²) in [6, 6.07) is 8.06. The Morgan fingerprint density at radius 2 is 1.92 bits per heavy atom. The lowest BCUT2D eigenvalue weighted by Gasteiger charge is -2.18. The molecule has 0 saturated heterocycles. The minimum absolute atomic E-state index is 0.0293. The number of carbonyl (C=O) groups is 1. The van der Waals surface area contributed by atoms with Gasteiger partial charge in [-0.3, -0.25) is 14.2 Å². The number of rotatable bonds is 5. The number of amides is 1. The summed E-state index contributed by atoms with van der Waals surface area (Å²) in [5.41, 5.74) is 3.04. The van der Waals surface area contributed by atoms with Crippen molar-refractivity contribution in [3.63, 3.8) is 0 Å². The molecule has 0 fully saturated rings. The van der Waals surface area contributed by atoms with Crippen LogP contribution in [-0.4, -0.2) is 15.5 Å². The van der Waals surface area contributed by atoms with Gasteiger partial charge in [-0.15, -0.1) is 11.3 Å². The SMILES string of the molecule is CCC(NC(=O)Cn1cnc2sc(C)c(C)c2c1=O)c1ccc(C)cc1. The molecule has 0 aliphatic carbocycles. The Morgan fingerprint density at radius 3 is 2.58 bits per heavy atom. The van der Waals surface area contributed by atoms with E-state index in [9.17, 15) is 9.59 Å². The third-order valence-corrected chi connectivity index (χ3v) is 5.81. The topological polar surface area (TPSA) is 64.0 Å². The Kier molecular flexibility index (Phi) is 5.23. The molecule has 26 heavy (non-hydrogen) atoms. The molecule has 0 aliphatic heterocycles. The van der Waals surface area contributed by atoms with E-state index in [0.717, 1.165) is 27.3 Å². The lowest BCUT2D eigenvalue weighted by atomic mass is 10.0. The van der Waals surface area contributed by atoms with Gasteiger partial charge in [0.15, 0.2) is 0 Å². The van der Waals surface area contributed by atoms with Crippen LogP contribution in [0.4, 0.5) is 0 Å². The first-order chi connectivity index (χ1) is 12.4. The molecule has 0 radical (unpaired) electrons. The molecule has 1 aromatic carbocycles. The molecule has 1 amide bonds. The first kappa shape index (κ1) is 18.3. The third kappa shape index (κ3) is 3.55. The van der Waals surface area contributed by atoms with Crippen LogP contribution in [0.15, 0.2) is 35.4 Å². The van der Waals surface area contributed by atoms with Crippen molar-refractivity contribution in [3.8, 4) is 0 Å². The van der Waals surface area contributed by atoms with E-state index >= 15 is 0 Å². The first-order valence-corrected chi connectivity index (χ1v) is 9.53. The van der Waals surface area contributed by atoms with Crippen molar-refractivity contribution >= 4 is 27.5 Å². The normalized spacial score (nSPS) is 12.3. The van der Waals surface area contributed by atoms with Gasteiger partial charge in [-0.2, -0.15) is 0 Å². The van der Waals surface area contributed by atoms with Crippen LogP contribution in [0.5, 0.6) is 0 Å². The van der Waals surface area contributed by atoms with E-state index in [0.29, 0.717) is 5.39 Å². The Bertz CT molecular complexity index is 1000. The molecule has 1 unspecified atom stereocenters. The second-order valence-corrected chi connectivity index (χ2v) is 7.78. The number of hydrogen-bond acceptors (Lipinski definition) is 4. The van der Waals surface area contributed by atoms with Gasteiger partial charge in [0, 0.05) is 4.88 Å². The molecule has 1 N–H and O–H groups in total. The van der Waals surface area contributed by atoms with E-state index in [1.165, 1.54) is 27.8 Å². The summed E-state index contributed by atoms with van der Waals surface area (Å²) >= 11 is 1.51. The highest BCUT2D eigenvalue weighted by Crippen LogP contribution is 2.25. The van der Waals surface area contributed by atoms with Crippen molar-refractivity contribution in [1.29, 1.82) is 0 Å². The third-order valence-electron chi connectivity index (χ3n) is 4.69. The number of hydrogen-bond donors (Lipinski definition) is 1. The Balaban J connectivity index is 1.80. The van der Waals surface area contributed by atoms with E-state index in [2.05, 4.69) is 10.3 Å². The molecule has 0 aliphatic rings. The Hall–Kier alpha value is -2.47. The van der Waals surface area contributed by atoms with Gasteiger partial charge in [-0.05, 0) is 38.3 Å². The maximum atomic E-state index is 12.7. The molecule has 136 valence electrons. The van der Waals surface area contributed by atoms with Crippen LogP contribution >= 0.6 is 11.3 Å². The molecule has 3 aromatic rings. The summed E-state index contributed by atoms with van der Waals surface area (Å²) in [6.45, 7) is 7.94. The second kappa shape index (κ2) is 7.41. The predicted octanol–water partition coefficient (Wildman–Crippen LogP) is 3.65. The average molecular weight is 369 g/mol. The summed E-state index contributed by atoms with van der Waals surface area (Å²) in [4.78, 5) is 31.4. The van der Waals surface area contributed by atoms with E-state index < -0.39 is 0 Å². The largest absolute Gasteiger partial charge is 0.348 e. The summed E-state index contributed by atoms with van der Waals surface area (Å²) in [5, 5.41) is 3.64. The van der Waals surface area contributed by atoms with Gasteiger partial charge in [0.25, 0.3) is 5.56 Å². The quantitative estimate of drug-likeness (QED) is 0.747. The summed E-state index contributed by atoms with van der Waals surface area (Å²) < 4.78 is 1.39. The van der Waals surface area contributed by atoms with E-state index in [1.807, 2.05) is 52.0 Å². The fraction of sp³-hybridized carbons (Fsp3) is 0.350. The van der Waals surface area contributed by atoms with Crippen LogP contribution in [-0.2, 0) is 11.3 Å². The number of aromatic nitrogens is 2. The van der Waals surface area contributed by atoms with Crippen LogP contribution < -0.4 is 10.9 Å². The number of carbonyl (C=O) groups excluding carboxylic acids is 1. The van der Waals surface area contributed by atoms with E-state index in [1.54, 1.807) is 0 Å². The molecule has 0 bridgehead atoms. The smallest absolute Gasteiger partial charge is 0.262 e. The van der Waals surface area contributed by atoms with E-state index in [4.69, 9.17) is 0 Å². The number of nitrogens with one attached hydrogen (secondary N) is 1. The number of fused-ring (bicyclic) bond motifs is 1. The van der Waals surface area contributed by atoms with Crippen molar-refractivity contribution in [2.24, 2.45) is 0 Å². The average Bonchev–Trinajstić information content (AvgIpc) is 2.91. The number of thiophene rings is 1. The van der Waals surface area contributed by atoms with Gasteiger partial charge in [-0.25, -0.2) is 4.98 Å². The van der Waals surface area contributed by atoms with Crippen molar-refractivity contribution in [2.45, 2.75) is 46.7 Å². The van der Waals surface area contributed by atoms with Gasteiger partial charge in [0.1, 0.15) is 11.4 Å². The molecule has 5 nitrogen and oxygen atoms in total. The first-order valence-electron chi connectivity index (χ1n) is 8.71. The minimum Gasteiger partial charge on any atom is -0.348 e. The number of benzene rings is 1.